The van der Waals surface area contributed by atoms with Crippen LogP contribution in [0.5, 0.6) is 0 Å². The van der Waals surface area contributed by atoms with E-state index < -0.39 is 43.5 Å². The fourth-order valence-corrected chi connectivity index (χ4v) is 8.23. The number of rotatable bonds is 11. The van der Waals surface area contributed by atoms with Gasteiger partial charge in [-0.05, 0) is 62.3 Å². The fraction of sp³-hybridized carbons (Fsp3) is 0.387. The molecule has 0 amide bonds. The number of aromatic nitrogens is 1. The molecule has 3 aromatic carbocycles. The zero-order valence-electron chi connectivity index (χ0n) is 26.0. The molecule has 0 N–H and O–H groups in total. The lowest BCUT2D eigenvalue weighted by Gasteiger charge is -2.21. The Morgan fingerprint density at radius 3 is 2.21 bits per heavy atom. The maximum Gasteiger partial charge on any atom is 0.416 e. The molecule has 256 valence electrons. The van der Waals surface area contributed by atoms with E-state index in [1.807, 2.05) is 41.0 Å². The van der Waals surface area contributed by atoms with Gasteiger partial charge in [0, 0.05) is 29.4 Å². The summed E-state index contributed by atoms with van der Waals surface area (Å²) in [6.45, 7) is 6.82. The van der Waals surface area contributed by atoms with Crippen molar-refractivity contribution >= 4 is 76.1 Å². The van der Waals surface area contributed by atoms with E-state index in [1.54, 1.807) is 11.0 Å². The van der Waals surface area contributed by atoms with Crippen LogP contribution < -0.4 is 9.47 Å². The molecular formula is C31H35F3N3O6S4-. The SMILES string of the molecule is CCN(C)CC.O=S(=O)([O-])CCCN1/C(=C/c2sc3ccc4ccccc4c3[n+]2CCCS(=O)(=O)[O-])Sc2ccc(C(F)(F)F)cc21. The van der Waals surface area contributed by atoms with Gasteiger partial charge >= 0.3 is 6.18 Å². The van der Waals surface area contributed by atoms with Crippen molar-refractivity contribution in [1.82, 2.24) is 4.90 Å². The molecule has 0 radical (unpaired) electrons. The quantitative estimate of drug-likeness (QED) is 0.133. The standard InChI is InChI=1S/C26H23F3N2O6S4.C5H13N/c27-26(28,29)18-8-10-21-20(15-18)30(11-3-13-40(32,33)34)23(38-21)16-24-31(12-4-14-41(35,36)37)25-19-6-2-1-5-17(19)7-9-22(25)39-24;1-4-6(3)5-2/h1-2,5-10,15-16H,3-4,11-14H2,(H-,32,33,34,35,36,37);4-5H2,1-3H3/p-1. The Bertz CT molecular complexity index is 1980. The molecule has 5 rings (SSSR count). The Balaban J connectivity index is 0.000000762. The first-order valence-corrected chi connectivity index (χ1v) is 19.6. The number of halogens is 3. The van der Waals surface area contributed by atoms with Crippen molar-refractivity contribution in [1.29, 1.82) is 0 Å². The average molecular weight is 731 g/mol. The molecule has 1 aliphatic rings. The molecule has 16 heteroatoms. The number of nitrogens with zero attached hydrogens (tertiary/aromatic N) is 3. The van der Waals surface area contributed by atoms with Gasteiger partial charge in [-0.1, -0.05) is 61.2 Å². The van der Waals surface area contributed by atoms with E-state index >= 15 is 0 Å². The molecule has 47 heavy (non-hydrogen) atoms. The number of alkyl halides is 3. The number of hydrogen-bond donors (Lipinski definition) is 0. The normalized spacial score (nSPS) is 14.7. The molecule has 4 aromatic rings. The van der Waals surface area contributed by atoms with Gasteiger partial charge in [0.2, 0.25) is 5.52 Å². The maximum atomic E-state index is 13.5. The minimum absolute atomic E-state index is 0.0170. The average Bonchev–Trinajstić information content (AvgIpc) is 3.52. The van der Waals surface area contributed by atoms with Gasteiger partial charge in [0.05, 0.1) is 48.0 Å². The third-order valence-corrected chi connectivity index (χ3v) is 11.3. The van der Waals surface area contributed by atoms with Crippen LogP contribution in [0.4, 0.5) is 18.9 Å². The molecule has 1 aromatic heterocycles. The van der Waals surface area contributed by atoms with Crippen molar-refractivity contribution in [3.8, 4) is 0 Å². The van der Waals surface area contributed by atoms with E-state index in [0.717, 1.165) is 46.2 Å². The Labute approximate surface area is 281 Å². The summed E-state index contributed by atoms with van der Waals surface area (Å²) in [5, 5.41) is 3.03. The van der Waals surface area contributed by atoms with Crippen LogP contribution in [0.25, 0.3) is 27.1 Å². The first-order valence-electron chi connectivity index (χ1n) is 14.8. The summed E-state index contributed by atoms with van der Waals surface area (Å²) >= 11 is 2.60. The van der Waals surface area contributed by atoms with E-state index in [4.69, 9.17) is 0 Å². The van der Waals surface area contributed by atoms with Crippen LogP contribution in [0.3, 0.4) is 0 Å². The molecule has 0 saturated carbocycles. The molecule has 9 nitrogen and oxygen atoms in total. The number of anilines is 1. The third-order valence-electron chi connectivity index (χ3n) is 7.55. The van der Waals surface area contributed by atoms with Crippen LogP contribution >= 0.6 is 23.1 Å². The van der Waals surface area contributed by atoms with Crippen molar-refractivity contribution in [2.24, 2.45) is 0 Å². The van der Waals surface area contributed by atoms with Crippen molar-refractivity contribution in [2.45, 2.75) is 44.3 Å². The number of thiazole rings is 1. The molecule has 0 fully saturated rings. The highest BCUT2D eigenvalue weighted by Gasteiger charge is 2.35. The lowest BCUT2D eigenvalue weighted by Crippen LogP contribution is -2.36. The fourth-order valence-electron chi connectivity index (χ4n) is 4.95. The monoisotopic (exact) mass is 730 g/mol. The molecule has 0 bridgehead atoms. The van der Waals surface area contributed by atoms with Gasteiger partial charge < -0.3 is 18.9 Å². The van der Waals surface area contributed by atoms with Crippen LogP contribution in [-0.4, -0.2) is 69.0 Å². The molecule has 0 atom stereocenters. The van der Waals surface area contributed by atoms with Gasteiger partial charge in [0.25, 0.3) is 5.01 Å². The molecule has 1 aliphatic heterocycles. The predicted octanol–water partition coefficient (Wildman–Crippen LogP) is 6.10. The highest BCUT2D eigenvalue weighted by Crippen LogP contribution is 2.49. The lowest BCUT2D eigenvalue weighted by molar-refractivity contribution is -0.667. The third kappa shape index (κ3) is 9.90. The van der Waals surface area contributed by atoms with Crippen LogP contribution in [0.2, 0.25) is 0 Å². The number of fused-ring (bicyclic) bond motifs is 4. The summed E-state index contributed by atoms with van der Waals surface area (Å²) < 4.78 is 111. The Morgan fingerprint density at radius 1 is 0.936 bits per heavy atom. The maximum absolute atomic E-state index is 13.5. The number of hydrogen-bond acceptors (Lipinski definition) is 10. The Morgan fingerprint density at radius 2 is 1.60 bits per heavy atom. The minimum Gasteiger partial charge on any atom is -0.748 e. The molecule has 0 saturated heterocycles. The second-order valence-electron chi connectivity index (χ2n) is 10.9. The smallest absolute Gasteiger partial charge is 0.416 e. The van der Waals surface area contributed by atoms with E-state index in [-0.39, 0.29) is 31.6 Å². The first-order chi connectivity index (χ1) is 22.0. The Kier molecular flexibility index (Phi) is 12.0. The zero-order chi connectivity index (χ0) is 34.6. The number of thioether (sulfide) groups is 1. The molecule has 0 spiro atoms. The minimum atomic E-state index is -4.59. The molecule has 2 heterocycles. The molecular weight excluding hydrogens is 696 g/mol. The summed E-state index contributed by atoms with van der Waals surface area (Å²) in [7, 11) is -6.86. The van der Waals surface area contributed by atoms with E-state index in [2.05, 4.69) is 25.8 Å². The summed E-state index contributed by atoms with van der Waals surface area (Å²) in [5.74, 6) is -1.23. The van der Waals surface area contributed by atoms with Gasteiger partial charge in [0.15, 0.2) is 6.54 Å². The number of benzene rings is 3. The van der Waals surface area contributed by atoms with Gasteiger partial charge in [-0.15, -0.1) is 0 Å². The van der Waals surface area contributed by atoms with E-state index in [9.17, 15) is 39.1 Å². The first kappa shape index (κ1) is 37.1. The van der Waals surface area contributed by atoms with Gasteiger partial charge in [-0.2, -0.15) is 17.7 Å². The highest BCUT2D eigenvalue weighted by atomic mass is 32.2. The summed E-state index contributed by atoms with van der Waals surface area (Å²) in [5.41, 5.74) is 0.212. The van der Waals surface area contributed by atoms with Crippen molar-refractivity contribution < 1.29 is 43.7 Å². The summed E-state index contributed by atoms with van der Waals surface area (Å²) in [4.78, 5) is 4.35. The van der Waals surface area contributed by atoms with Crippen molar-refractivity contribution in [2.75, 3.05) is 43.1 Å². The van der Waals surface area contributed by atoms with Crippen molar-refractivity contribution in [3.63, 3.8) is 0 Å². The predicted molar refractivity (Wildman–Crippen MR) is 179 cm³/mol. The molecule has 0 aliphatic carbocycles. The van der Waals surface area contributed by atoms with Crippen LogP contribution in [-0.2, 0) is 33.0 Å². The van der Waals surface area contributed by atoms with Crippen LogP contribution in [0.15, 0.2) is 64.5 Å². The second-order valence-corrected chi connectivity index (χ2v) is 16.0. The summed E-state index contributed by atoms with van der Waals surface area (Å²) in [6.07, 6.45) is -2.88. The number of aryl methyl sites for hydroxylation is 1. The lowest BCUT2D eigenvalue weighted by atomic mass is 10.1. The Hall–Kier alpha value is -2.73. The van der Waals surface area contributed by atoms with E-state index in [1.165, 1.54) is 29.2 Å². The zero-order valence-corrected chi connectivity index (χ0v) is 29.3. The molecule has 0 unspecified atom stereocenters. The van der Waals surface area contributed by atoms with Gasteiger partial charge in [-0.3, -0.25) is 0 Å². The summed E-state index contributed by atoms with van der Waals surface area (Å²) in [6, 6.07) is 14.8. The van der Waals surface area contributed by atoms with E-state index in [0.29, 0.717) is 14.9 Å². The second kappa shape index (κ2) is 15.2. The van der Waals surface area contributed by atoms with Crippen LogP contribution in [0, 0.1) is 0 Å². The van der Waals surface area contributed by atoms with Crippen molar-refractivity contribution in [3.05, 3.63) is 70.2 Å². The van der Waals surface area contributed by atoms with Gasteiger partial charge in [-0.25, -0.2) is 16.8 Å². The van der Waals surface area contributed by atoms with Crippen LogP contribution in [0.1, 0.15) is 37.3 Å². The topological polar surface area (TPSA) is 125 Å². The van der Waals surface area contributed by atoms with Gasteiger partial charge in [0.1, 0.15) is 4.70 Å². The largest absolute Gasteiger partial charge is 0.748 e. The highest BCUT2D eigenvalue weighted by molar-refractivity contribution is 8.04.